The van der Waals surface area contributed by atoms with Crippen LogP contribution >= 0.6 is 0 Å². The lowest BCUT2D eigenvalue weighted by Crippen LogP contribution is -2.43. The van der Waals surface area contributed by atoms with E-state index in [1.807, 2.05) is 6.07 Å². The lowest BCUT2D eigenvalue weighted by molar-refractivity contribution is 0.135. The smallest absolute Gasteiger partial charge is 0.299 e. The minimum Gasteiger partial charge on any atom is -0.299 e. The van der Waals surface area contributed by atoms with Crippen molar-refractivity contribution in [3.8, 4) is 0 Å². The van der Waals surface area contributed by atoms with Crippen LogP contribution in [0.3, 0.4) is 0 Å². The molecule has 128 valence electrons. The zero-order valence-corrected chi connectivity index (χ0v) is 14.4. The van der Waals surface area contributed by atoms with Crippen LogP contribution in [0.2, 0.25) is 0 Å². The summed E-state index contributed by atoms with van der Waals surface area (Å²) in [6.07, 6.45) is 4.58. The summed E-state index contributed by atoms with van der Waals surface area (Å²) >= 11 is 0. The summed E-state index contributed by atoms with van der Waals surface area (Å²) in [6, 6.07) is 12.6. The molecule has 0 aliphatic carbocycles. The molecule has 1 aromatic carbocycles. The molecule has 1 aliphatic rings. The molecule has 0 N–H and O–H groups in total. The summed E-state index contributed by atoms with van der Waals surface area (Å²) in [5.74, 6) is 0. The number of likely N-dealkylation sites (tertiary alicyclic amines) is 1. The van der Waals surface area contributed by atoms with E-state index in [-0.39, 0.29) is 11.2 Å². The predicted octanol–water partition coefficient (Wildman–Crippen LogP) is 1.68. The highest BCUT2D eigenvalue weighted by Gasteiger charge is 2.23. The molecule has 24 heavy (non-hydrogen) atoms. The van der Waals surface area contributed by atoms with Crippen LogP contribution in [0.15, 0.2) is 46.0 Å². The standard InChI is InChI=1S/C19H25N3O2/c1-20-17(13-18(23)21(2)19(20)24)14-22-11-7-6-10-16(22)12-15-8-4-3-5-9-15/h3-5,8-9,13,16H,6-7,10-12,14H2,1-2H3/t16-/m1/s1. The number of benzene rings is 1. The second kappa shape index (κ2) is 7.18. The Kier molecular flexibility index (Phi) is 5.00. The van der Waals surface area contributed by atoms with Crippen molar-refractivity contribution in [2.45, 2.75) is 38.3 Å². The molecule has 1 fully saturated rings. The largest absolute Gasteiger partial charge is 0.330 e. The highest BCUT2D eigenvalue weighted by atomic mass is 16.2. The average Bonchev–Trinajstić information content (AvgIpc) is 2.60. The third-order valence-corrected chi connectivity index (χ3v) is 5.05. The summed E-state index contributed by atoms with van der Waals surface area (Å²) < 4.78 is 2.75. The lowest BCUT2D eigenvalue weighted by atomic mass is 9.95. The van der Waals surface area contributed by atoms with Crippen LogP contribution in [0.4, 0.5) is 0 Å². The molecule has 0 unspecified atom stereocenters. The Bertz CT molecular complexity index is 808. The van der Waals surface area contributed by atoms with E-state index in [1.165, 1.54) is 25.5 Å². The van der Waals surface area contributed by atoms with Crippen LogP contribution in [0.25, 0.3) is 0 Å². The summed E-state index contributed by atoms with van der Waals surface area (Å²) in [5, 5.41) is 0. The van der Waals surface area contributed by atoms with E-state index in [0.717, 1.165) is 29.6 Å². The van der Waals surface area contributed by atoms with Gasteiger partial charge in [-0.15, -0.1) is 0 Å². The van der Waals surface area contributed by atoms with E-state index in [1.54, 1.807) is 17.7 Å². The van der Waals surface area contributed by atoms with Gasteiger partial charge in [0, 0.05) is 38.4 Å². The van der Waals surface area contributed by atoms with Crippen LogP contribution < -0.4 is 11.2 Å². The average molecular weight is 327 g/mol. The molecular weight excluding hydrogens is 302 g/mol. The second-order valence-electron chi connectivity index (χ2n) is 6.68. The second-order valence-corrected chi connectivity index (χ2v) is 6.68. The van der Waals surface area contributed by atoms with Gasteiger partial charge in [-0.05, 0) is 31.4 Å². The van der Waals surface area contributed by atoms with Crippen molar-refractivity contribution < 1.29 is 0 Å². The molecule has 0 saturated carbocycles. The minimum absolute atomic E-state index is 0.232. The summed E-state index contributed by atoms with van der Waals surface area (Å²) in [4.78, 5) is 26.5. The van der Waals surface area contributed by atoms with Gasteiger partial charge in [-0.3, -0.25) is 18.8 Å². The topological polar surface area (TPSA) is 47.2 Å². The Labute approximate surface area is 142 Å². The van der Waals surface area contributed by atoms with Crippen LogP contribution in [-0.2, 0) is 27.1 Å². The first kappa shape index (κ1) is 16.7. The van der Waals surface area contributed by atoms with Crippen molar-refractivity contribution in [3.63, 3.8) is 0 Å². The van der Waals surface area contributed by atoms with Gasteiger partial charge in [0.1, 0.15) is 0 Å². The zero-order chi connectivity index (χ0) is 17.1. The summed E-state index contributed by atoms with van der Waals surface area (Å²) in [6.45, 7) is 1.67. The molecule has 3 rings (SSSR count). The fourth-order valence-corrected chi connectivity index (χ4v) is 3.52. The van der Waals surface area contributed by atoms with Crippen molar-refractivity contribution in [1.82, 2.24) is 14.0 Å². The van der Waals surface area contributed by atoms with E-state index < -0.39 is 0 Å². The normalized spacial score (nSPS) is 18.7. The van der Waals surface area contributed by atoms with Crippen molar-refractivity contribution in [3.05, 3.63) is 68.5 Å². The maximum atomic E-state index is 12.1. The molecule has 2 heterocycles. The van der Waals surface area contributed by atoms with Crippen LogP contribution in [0.1, 0.15) is 30.5 Å². The van der Waals surface area contributed by atoms with Gasteiger partial charge in [0.25, 0.3) is 5.56 Å². The van der Waals surface area contributed by atoms with Gasteiger partial charge in [-0.2, -0.15) is 0 Å². The molecule has 0 amide bonds. The molecule has 1 aliphatic heterocycles. The van der Waals surface area contributed by atoms with E-state index in [4.69, 9.17) is 0 Å². The molecule has 1 atom stereocenters. The maximum Gasteiger partial charge on any atom is 0.330 e. The highest BCUT2D eigenvalue weighted by molar-refractivity contribution is 5.16. The number of piperidine rings is 1. The van der Waals surface area contributed by atoms with Crippen molar-refractivity contribution in [1.29, 1.82) is 0 Å². The van der Waals surface area contributed by atoms with E-state index in [0.29, 0.717) is 12.6 Å². The summed E-state index contributed by atoms with van der Waals surface area (Å²) in [7, 11) is 3.26. The molecule has 0 radical (unpaired) electrons. The fraction of sp³-hybridized carbons (Fsp3) is 0.474. The van der Waals surface area contributed by atoms with Gasteiger partial charge in [-0.1, -0.05) is 36.8 Å². The van der Waals surface area contributed by atoms with Crippen LogP contribution in [0, 0.1) is 0 Å². The van der Waals surface area contributed by atoms with E-state index in [2.05, 4.69) is 29.2 Å². The van der Waals surface area contributed by atoms with E-state index in [9.17, 15) is 9.59 Å². The Morgan fingerprint density at radius 2 is 1.79 bits per heavy atom. The molecule has 1 saturated heterocycles. The first-order valence-corrected chi connectivity index (χ1v) is 8.60. The van der Waals surface area contributed by atoms with Crippen molar-refractivity contribution >= 4 is 0 Å². The summed E-state index contributed by atoms with van der Waals surface area (Å²) in [5.41, 5.74) is 1.65. The third-order valence-electron chi connectivity index (χ3n) is 5.05. The Morgan fingerprint density at radius 1 is 1.04 bits per heavy atom. The fourth-order valence-electron chi connectivity index (χ4n) is 3.52. The molecule has 5 nitrogen and oxygen atoms in total. The lowest BCUT2D eigenvalue weighted by Gasteiger charge is -2.36. The monoisotopic (exact) mass is 327 g/mol. The van der Waals surface area contributed by atoms with Gasteiger partial charge < -0.3 is 0 Å². The maximum absolute atomic E-state index is 12.1. The molecular formula is C19H25N3O2. The van der Waals surface area contributed by atoms with Gasteiger partial charge in [0.2, 0.25) is 0 Å². The number of hydrogen-bond acceptors (Lipinski definition) is 3. The van der Waals surface area contributed by atoms with Crippen LogP contribution in [-0.4, -0.2) is 26.6 Å². The van der Waals surface area contributed by atoms with Gasteiger partial charge >= 0.3 is 5.69 Å². The first-order valence-electron chi connectivity index (χ1n) is 8.60. The van der Waals surface area contributed by atoms with Gasteiger partial charge in [0.05, 0.1) is 0 Å². The van der Waals surface area contributed by atoms with Gasteiger partial charge in [0.15, 0.2) is 0 Å². The SMILES string of the molecule is Cn1c(CN2CCCC[C@@H]2Cc2ccccc2)cc(=O)n(C)c1=O. The molecule has 2 aromatic rings. The Morgan fingerprint density at radius 3 is 2.54 bits per heavy atom. The van der Waals surface area contributed by atoms with Crippen LogP contribution in [0.5, 0.6) is 0 Å². The van der Waals surface area contributed by atoms with Gasteiger partial charge in [-0.25, -0.2) is 4.79 Å². The van der Waals surface area contributed by atoms with Crippen molar-refractivity contribution in [2.75, 3.05) is 6.54 Å². The number of hydrogen-bond donors (Lipinski definition) is 0. The van der Waals surface area contributed by atoms with E-state index >= 15 is 0 Å². The zero-order valence-electron chi connectivity index (χ0n) is 14.4. The number of aromatic nitrogens is 2. The highest BCUT2D eigenvalue weighted by Crippen LogP contribution is 2.22. The molecule has 5 heteroatoms. The molecule has 0 spiro atoms. The number of rotatable bonds is 4. The predicted molar refractivity (Wildman–Crippen MR) is 95.1 cm³/mol. The Balaban J connectivity index is 1.82. The molecule has 1 aromatic heterocycles. The third kappa shape index (κ3) is 3.51. The Hall–Kier alpha value is -2.14. The minimum atomic E-state index is -0.255. The molecule has 0 bridgehead atoms. The van der Waals surface area contributed by atoms with Crippen molar-refractivity contribution in [2.24, 2.45) is 14.1 Å². The number of nitrogens with zero attached hydrogens (tertiary/aromatic N) is 3. The quantitative estimate of drug-likeness (QED) is 0.858. The first-order chi connectivity index (χ1) is 11.6.